The first-order valence-corrected chi connectivity index (χ1v) is 10.3. The Bertz CT molecular complexity index is 1050. The van der Waals surface area contributed by atoms with Crippen molar-refractivity contribution in [1.29, 1.82) is 0 Å². The van der Waals surface area contributed by atoms with E-state index in [1.807, 2.05) is 31.2 Å². The maximum Gasteiger partial charge on any atom is 0.355 e. The zero-order valence-corrected chi connectivity index (χ0v) is 18.8. The zero-order chi connectivity index (χ0) is 23.8. The number of ether oxygens (including phenoxy) is 4. The molecule has 3 rings (SSSR count). The van der Waals surface area contributed by atoms with Gasteiger partial charge in [-0.15, -0.1) is 0 Å². The van der Waals surface area contributed by atoms with E-state index in [2.05, 4.69) is 5.32 Å². The lowest BCUT2D eigenvalue weighted by molar-refractivity contribution is -0.140. The van der Waals surface area contributed by atoms with Crippen LogP contribution in [-0.4, -0.2) is 58.6 Å². The number of hydrogen-bond acceptors (Lipinski definition) is 8. The Kier molecular flexibility index (Phi) is 8.04. The number of methoxy groups -OCH3 is 2. The number of carbonyl (C=O) groups is 3. The first-order chi connectivity index (χ1) is 16.0. The number of nitrogens with zero attached hydrogens (tertiary/aromatic N) is 1. The smallest absolute Gasteiger partial charge is 0.355 e. The minimum atomic E-state index is -0.736. The van der Waals surface area contributed by atoms with Gasteiger partial charge in [-0.2, -0.15) is 0 Å². The number of nitrogens with one attached hydrogen (secondary N) is 1. The number of aryl methyl sites for hydroxylation is 1. The lowest BCUT2D eigenvalue weighted by Crippen LogP contribution is -2.40. The molecular weight excluding hydrogens is 428 g/mol. The van der Waals surface area contributed by atoms with Crippen molar-refractivity contribution in [3.63, 3.8) is 0 Å². The Morgan fingerprint density at radius 2 is 1.70 bits per heavy atom. The summed E-state index contributed by atoms with van der Waals surface area (Å²) in [7, 11) is 2.42. The van der Waals surface area contributed by atoms with Crippen molar-refractivity contribution in [2.45, 2.75) is 6.92 Å². The van der Waals surface area contributed by atoms with Gasteiger partial charge in [0.25, 0.3) is 5.91 Å². The van der Waals surface area contributed by atoms with E-state index in [0.717, 1.165) is 5.56 Å². The molecule has 0 bridgehead atoms. The summed E-state index contributed by atoms with van der Waals surface area (Å²) in [5, 5.41) is 2.81. The van der Waals surface area contributed by atoms with Gasteiger partial charge in [0.2, 0.25) is 0 Å². The molecule has 0 fully saturated rings. The highest BCUT2D eigenvalue weighted by Crippen LogP contribution is 2.29. The molecule has 1 aliphatic heterocycles. The molecule has 174 valence electrons. The van der Waals surface area contributed by atoms with Crippen molar-refractivity contribution in [1.82, 2.24) is 5.32 Å². The molecule has 1 N–H and O–H groups in total. The van der Waals surface area contributed by atoms with Crippen LogP contribution >= 0.6 is 0 Å². The predicted molar refractivity (Wildman–Crippen MR) is 120 cm³/mol. The maximum atomic E-state index is 12.9. The molecule has 0 unspecified atom stereocenters. The minimum Gasteiger partial charge on any atom is -0.492 e. The summed E-state index contributed by atoms with van der Waals surface area (Å²) in [5.74, 6) is -1.10. The largest absolute Gasteiger partial charge is 0.492 e. The van der Waals surface area contributed by atoms with Crippen LogP contribution in [0.25, 0.3) is 0 Å². The number of carbonyl (C=O) groups excluding carboxylic acids is 3. The Hall–Kier alpha value is -3.85. The molecular formula is C24H26N2O7. The van der Waals surface area contributed by atoms with Crippen LogP contribution in [0.4, 0.5) is 5.69 Å². The van der Waals surface area contributed by atoms with Gasteiger partial charge in [0, 0.05) is 0 Å². The fourth-order valence-corrected chi connectivity index (χ4v) is 3.30. The van der Waals surface area contributed by atoms with Gasteiger partial charge < -0.3 is 29.2 Å². The first kappa shape index (κ1) is 23.8. The maximum absolute atomic E-state index is 12.9. The molecule has 0 saturated heterocycles. The number of amides is 1. The van der Waals surface area contributed by atoms with Crippen molar-refractivity contribution in [2.75, 3.05) is 45.6 Å². The fourth-order valence-electron chi connectivity index (χ4n) is 3.30. The van der Waals surface area contributed by atoms with Crippen LogP contribution in [0.2, 0.25) is 0 Å². The Morgan fingerprint density at radius 1 is 1.00 bits per heavy atom. The molecule has 2 aromatic carbocycles. The minimum absolute atomic E-state index is 0.0114. The van der Waals surface area contributed by atoms with Gasteiger partial charge in [-0.25, -0.2) is 9.59 Å². The number of hydrogen-bond donors (Lipinski definition) is 1. The van der Waals surface area contributed by atoms with Crippen LogP contribution in [0, 0.1) is 6.92 Å². The predicted octanol–water partition coefficient (Wildman–Crippen LogP) is 2.20. The molecule has 9 nitrogen and oxygen atoms in total. The standard InChI is InChI=1S/C24H26N2O7/c1-16-8-10-17(11-9-16)33-13-12-25-22(27)18-6-4-5-7-20(18)26-15-32-14-19(23(28)30-2)21(26)24(29)31-3/h4-11H,12-15H2,1-3H3,(H,25,27). The molecule has 1 amide bonds. The van der Waals surface area contributed by atoms with E-state index in [0.29, 0.717) is 17.0 Å². The van der Waals surface area contributed by atoms with E-state index >= 15 is 0 Å². The SMILES string of the molecule is COC(=O)C1=C(C(=O)OC)N(c2ccccc2C(=O)NCCOc2ccc(C)cc2)COC1. The van der Waals surface area contributed by atoms with E-state index < -0.39 is 11.9 Å². The van der Waals surface area contributed by atoms with Crippen molar-refractivity contribution < 1.29 is 33.3 Å². The summed E-state index contributed by atoms with van der Waals surface area (Å²) in [5.41, 5.74) is 1.79. The Morgan fingerprint density at radius 3 is 2.39 bits per heavy atom. The second-order valence-electron chi connectivity index (χ2n) is 7.15. The average molecular weight is 454 g/mol. The lowest BCUT2D eigenvalue weighted by atomic mass is 10.1. The van der Waals surface area contributed by atoms with Gasteiger partial charge in [-0.05, 0) is 31.2 Å². The molecule has 1 aliphatic rings. The number of anilines is 1. The van der Waals surface area contributed by atoms with E-state index in [4.69, 9.17) is 18.9 Å². The highest BCUT2D eigenvalue weighted by molar-refractivity contribution is 6.06. The third-order valence-corrected chi connectivity index (χ3v) is 4.95. The molecule has 33 heavy (non-hydrogen) atoms. The van der Waals surface area contributed by atoms with Crippen molar-refractivity contribution in [2.24, 2.45) is 0 Å². The zero-order valence-electron chi connectivity index (χ0n) is 18.8. The molecule has 2 aromatic rings. The number of esters is 2. The van der Waals surface area contributed by atoms with Gasteiger partial charge in [-0.3, -0.25) is 4.79 Å². The molecule has 9 heteroatoms. The fraction of sp³-hybridized carbons (Fsp3) is 0.292. The van der Waals surface area contributed by atoms with Crippen molar-refractivity contribution in [3.05, 3.63) is 70.9 Å². The quantitative estimate of drug-likeness (QED) is 0.478. The molecule has 1 heterocycles. The second kappa shape index (κ2) is 11.1. The Balaban J connectivity index is 1.78. The number of rotatable bonds is 8. The number of benzene rings is 2. The topological polar surface area (TPSA) is 103 Å². The second-order valence-corrected chi connectivity index (χ2v) is 7.15. The highest BCUT2D eigenvalue weighted by Gasteiger charge is 2.33. The van der Waals surface area contributed by atoms with E-state index in [1.165, 1.54) is 19.1 Å². The summed E-state index contributed by atoms with van der Waals surface area (Å²) in [6.07, 6.45) is 0. The third-order valence-electron chi connectivity index (χ3n) is 4.95. The van der Waals surface area contributed by atoms with E-state index in [-0.39, 0.29) is 43.7 Å². The van der Waals surface area contributed by atoms with Crippen LogP contribution < -0.4 is 15.0 Å². The van der Waals surface area contributed by atoms with Crippen LogP contribution in [-0.2, 0) is 23.8 Å². The third kappa shape index (κ3) is 5.69. The lowest BCUT2D eigenvalue weighted by Gasteiger charge is -2.32. The Labute approximate surface area is 191 Å². The van der Waals surface area contributed by atoms with E-state index in [9.17, 15) is 14.4 Å². The van der Waals surface area contributed by atoms with Crippen LogP contribution in [0.1, 0.15) is 15.9 Å². The van der Waals surface area contributed by atoms with Crippen molar-refractivity contribution in [3.8, 4) is 5.75 Å². The van der Waals surface area contributed by atoms with Gasteiger partial charge in [-0.1, -0.05) is 29.8 Å². The van der Waals surface area contributed by atoms with Gasteiger partial charge in [0.1, 0.15) is 24.8 Å². The van der Waals surface area contributed by atoms with Gasteiger partial charge >= 0.3 is 11.9 Å². The first-order valence-electron chi connectivity index (χ1n) is 10.3. The molecule has 0 aromatic heterocycles. The number of para-hydroxylation sites is 1. The normalized spacial score (nSPS) is 13.4. The molecule has 0 radical (unpaired) electrons. The summed E-state index contributed by atoms with van der Waals surface area (Å²) in [6.45, 7) is 2.38. The van der Waals surface area contributed by atoms with Gasteiger partial charge in [0.15, 0.2) is 0 Å². The summed E-state index contributed by atoms with van der Waals surface area (Å²) in [4.78, 5) is 39.1. The molecule has 0 aliphatic carbocycles. The van der Waals surface area contributed by atoms with Crippen LogP contribution in [0.15, 0.2) is 59.8 Å². The molecule has 0 saturated carbocycles. The summed E-state index contributed by atoms with van der Waals surface area (Å²) >= 11 is 0. The van der Waals surface area contributed by atoms with Crippen LogP contribution in [0.3, 0.4) is 0 Å². The monoisotopic (exact) mass is 454 g/mol. The van der Waals surface area contributed by atoms with Gasteiger partial charge in [0.05, 0.1) is 44.2 Å². The molecule has 0 atom stereocenters. The van der Waals surface area contributed by atoms with Crippen molar-refractivity contribution >= 4 is 23.5 Å². The summed E-state index contributed by atoms with van der Waals surface area (Å²) < 4.78 is 20.8. The molecule has 0 spiro atoms. The van der Waals surface area contributed by atoms with E-state index in [1.54, 1.807) is 24.3 Å². The summed E-state index contributed by atoms with van der Waals surface area (Å²) in [6, 6.07) is 14.3. The average Bonchev–Trinajstić information content (AvgIpc) is 2.86. The highest BCUT2D eigenvalue weighted by atomic mass is 16.5. The van der Waals surface area contributed by atoms with Crippen LogP contribution in [0.5, 0.6) is 5.75 Å².